The molecule has 0 spiro atoms. The number of hydrogen-bond donors (Lipinski definition) is 2. The molecule has 2 heterocycles. The zero-order chi connectivity index (χ0) is 15.5. The molecule has 0 aromatic carbocycles. The standard InChI is InChI=1S/C14H18ClN3O2S/c1-14(2,5-7-19)9-16-11(20)4-3-10-12(15)17-13-18(10)6-8-21-13/h3-4,6,8,19H,5,7,9H2,1-2H3,(H,16,20)/b4-3+. The molecule has 2 aromatic rings. The molecule has 5 nitrogen and oxygen atoms in total. The number of nitrogens with one attached hydrogen (secondary N) is 1. The van der Waals surface area contributed by atoms with E-state index in [9.17, 15) is 4.79 Å². The SMILES string of the molecule is CC(C)(CCO)CNC(=O)/C=C/c1c(Cl)nc2sccn12. The molecule has 0 radical (unpaired) electrons. The zero-order valence-corrected chi connectivity index (χ0v) is 13.5. The third-order valence-electron chi connectivity index (χ3n) is 3.18. The quantitative estimate of drug-likeness (QED) is 0.801. The van der Waals surface area contributed by atoms with Crippen molar-refractivity contribution >= 4 is 39.9 Å². The molecule has 0 unspecified atom stereocenters. The van der Waals surface area contributed by atoms with Crippen molar-refractivity contribution in [1.29, 1.82) is 0 Å². The largest absolute Gasteiger partial charge is 0.396 e. The predicted molar refractivity (Wildman–Crippen MR) is 85.6 cm³/mol. The monoisotopic (exact) mass is 327 g/mol. The van der Waals surface area contributed by atoms with Crippen molar-refractivity contribution < 1.29 is 9.90 Å². The lowest BCUT2D eigenvalue weighted by Crippen LogP contribution is -2.33. The van der Waals surface area contributed by atoms with Crippen LogP contribution in [-0.2, 0) is 4.79 Å². The number of rotatable bonds is 6. The summed E-state index contributed by atoms with van der Waals surface area (Å²) in [5, 5.41) is 14.1. The molecule has 0 fully saturated rings. The summed E-state index contributed by atoms with van der Waals surface area (Å²) < 4.78 is 1.84. The van der Waals surface area contributed by atoms with Gasteiger partial charge in [0, 0.05) is 30.8 Å². The van der Waals surface area contributed by atoms with E-state index in [1.165, 1.54) is 17.4 Å². The summed E-state index contributed by atoms with van der Waals surface area (Å²) in [6.07, 6.45) is 5.60. The average molecular weight is 328 g/mol. The van der Waals surface area contributed by atoms with Gasteiger partial charge >= 0.3 is 0 Å². The minimum absolute atomic E-state index is 0.111. The Kier molecular flexibility index (Phi) is 5.03. The Morgan fingerprint density at radius 2 is 2.38 bits per heavy atom. The first-order valence-electron chi connectivity index (χ1n) is 6.61. The highest BCUT2D eigenvalue weighted by Crippen LogP contribution is 2.22. The fourth-order valence-corrected chi connectivity index (χ4v) is 2.86. The van der Waals surface area contributed by atoms with E-state index in [1.54, 1.807) is 6.08 Å². The number of amides is 1. The lowest BCUT2D eigenvalue weighted by atomic mass is 9.90. The van der Waals surface area contributed by atoms with Crippen molar-refractivity contribution in [1.82, 2.24) is 14.7 Å². The van der Waals surface area contributed by atoms with Gasteiger partial charge in [-0.15, -0.1) is 11.3 Å². The molecule has 0 atom stereocenters. The van der Waals surface area contributed by atoms with Crippen molar-refractivity contribution in [2.75, 3.05) is 13.2 Å². The van der Waals surface area contributed by atoms with Crippen LogP contribution in [0.3, 0.4) is 0 Å². The minimum Gasteiger partial charge on any atom is -0.396 e. The predicted octanol–water partition coefficient (Wildman–Crippen LogP) is 2.59. The normalized spacial score (nSPS) is 12.4. The molecular formula is C14H18ClN3O2S. The van der Waals surface area contributed by atoms with E-state index < -0.39 is 0 Å². The number of carbonyl (C=O) groups is 1. The third-order valence-corrected chi connectivity index (χ3v) is 4.21. The summed E-state index contributed by atoms with van der Waals surface area (Å²) in [6.45, 7) is 4.61. The molecule has 0 aliphatic heterocycles. The average Bonchev–Trinajstić information content (AvgIpc) is 2.95. The van der Waals surface area contributed by atoms with Gasteiger partial charge in [-0.3, -0.25) is 9.20 Å². The first kappa shape index (κ1) is 16.0. The molecule has 2 N–H and O–H groups in total. The molecular weight excluding hydrogens is 310 g/mol. The van der Waals surface area contributed by atoms with E-state index in [0.29, 0.717) is 23.8 Å². The van der Waals surface area contributed by atoms with Crippen molar-refractivity contribution in [2.45, 2.75) is 20.3 Å². The second kappa shape index (κ2) is 6.60. The number of aromatic nitrogens is 2. The molecule has 0 aliphatic rings. The van der Waals surface area contributed by atoms with E-state index in [1.807, 2.05) is 29.8 Å². The summed E-state index contributed by atoms with van der Waals surface area (Å²) in [6, 6.07) is 0. The van der Waals surface area contributed by atoms with Gasteiger partial charge in [0.2, 0.25) is 5.91 Å². The fraction of sp³-hybridized carbons (Fsp3) is 0.429. The van der Waals surface area contributed by atoms with E-state index >= 15 is 0 Å². The highest BCUT2D eigenvalue weighted by Gasteiger charge is 2.17. The molecule has 0 saturated carbocycles. The second-order valence-corrected chi connectivity index (χ2v) is 6.76. The van der Waals surface area contributed by atoms with E-state index in [4.69, 9.17) is 16.7 Å². The van der Waals surface area contributed by atoms with Crippen molar-refractivity contribution in [3.05, 3.63) is 28.5 Å². The molecule has 2 rings (SSSR count). The van der Waals surface area contributed by atoms with Gasteiger partial charge in [-0.05, 0) is 17.9 Å². The highest BCUT2D eigenvalue weighted by molar-refractivity contribution is 7.15. The van der Waals surface area contributed by atoms with Crippen LogP contribution in [0.15, 0.2) is 17.7 Å². The van der Waals surface area contributed by atoms with Crippen LogP contribution in [0.2, 0.25) is 5.15 Å². The maximum Gasteiger partial charge on any atom is 0.244 e. The van der Waals surface area contributed by atoms with Crippen LogP contribution >= 0.6 is 22.9 Å². The van der Waals surface area contributed by atoms with Crippen LogP contribution < -0.4 is 5.32 Å². The van der Waals surface area contributed by atoms with Crippen LogP contribution in [0.5, 0.6) is 0 Å². The van der Waals surface area contributed by atoms with Crippen molar-refractivity contribution in [2.24, 2.45) is 5.41 Å². The Morgan fingerprint density at radius 3 is 3.10 bits per heavy atom. The summed E-state index contributed by atoms with van der Waals surface area (Å²) >= 11 is 7.53. The number of carbonyl (C=O) groups excluding carboxylic acids is 1. The summed E-state index contributed by atoms with van der Waals surface area (Å²) in [5.74, 6) is -0.192. The van der Waals surface area contributed by atoms with Gasteiger partial charge in [0.25, 0.3) is 0 Å². The van der Waals surface area contributed by atoms with Gasteiger partial charge < -0.3 is 10.4 Å². The van der Waals surface area contributed by atoms with Gasteiger partial charge in [0.15, 0.2) is 10.1 Å². The molecule has 0 saturated heterocycles. The molecule has 2 aromatic heterocycles. The zero-order valence-electron chi connectivity index (χ0n) is 12.0. The Bertz CT molecular complexity index is 660. The van der Waals surface area contributed by atoms with Crippen LogP contribution in [0.1, 0.15) is 26.0 Å². The maximum atomic E-state index is 11.8. The number of hydrogen-bond acceptors (Lipinski definition) is 4. The van der Waals surface area contributed by atoms with Gasteiger partial charge in [-0.25, -0.2) is 4.98 Å². The minimum atomic E-state index is -0.192. The summed E-state index contributed by atoms with van der Waals surface area (Å²) in [5.41, 5.74) is 0.560. The number of thiazole rings is 1. The fourth-order valence-electron chi connectivity index (χ4n) is 1.86. The molecule has 1 amide bonds. The van der Waals surface area contributed by atoms with Crippen LogP contribution in [0.4, 0.5) is 0 Å². The van der Waals surface area contributed by atoms with Crippen molar-refractivity contribution in [3.8, 4) is 0 Å². The van der Waals surface area contributed by atoms with Gasteiger partial charge in [-0.1, -0.05) is 25.4 Å². The maximum absolute atomic E-state index is 11.8. The molecule has 0 aliphatic carbocycles. The van der Waals surface area contributed by atoms with Crippen molar-refractivity contribution in [3.63, 3.8) is 0 Å². The number of nitrogens with zero attached hydrogens (tertiary/aromatic N) is 2. The second-order valence-electron chi connectivity index (χ2n) is 5.53. The lowest BCUT2D eigenvalue weighted by Gasteiger charge is -2.23. The molecule has 114 valence electrons. The number of aliphatic hydroxyl groups excluding tert-OH is 1. The highest BCUT2D eigenvalue weighted by atomic mass is 35.5. The topological polar surface area (TPSA) is 66.6 Å². The van der Waals surface area contributed by atoms with E-state index in [0.717, 1.165) is 4.96 Å². The molecule has 7 heteroatoms. The number of halogens is 1. The van der Waals surface area contributed by atoms with Gasteiger partial charge in [0.1, 0.15) is 0 Å². The Labute approximate surface area is 132 Å². The van der Waals surface area contributed by atoms with Crippen LogP contribution in [-0.4, -0.2) is 33.6 Å². The van der Waals surface area contributed by atoms with E-state index in [-0.39, 0.29) is 17.9 Å². The first-order valence-corrected chi connectivity index (χ1v) is 7.86. The van der Waals surface area contributed by atoms with Gasteiger partial charge in [-0.2, -0.15) is 0 Å². The lowest BCUT2D eigenvalue weighted by molar-refractivity contribution is -0.116. The van der Waals surface area contributed by atoms with E-state index in [2.05, 4.69) is 10.3 Å². The number of aliphatic hydroxyl groups is 1. The summed E-state index contributed by atoms with van der Waals surface area (Å²) in [7, 11) is 0. The molecule has 0 bridgehead atoms. The third kappa shape index (κ3) is 4.06. The molecule has 21 heavy (non-hydrogen) atoms. The van der Waals surface area contributed by atoms with Crippen LogP contribution in [0.25, 0.3) is 11.0 Å². The number of fused-ring (bicyclic) bond motifs is 1. The van der Waals surface area contributed by atoms with Crippen LogP contribution in [0, 0.1) is 5.41 Å². The van der Waals surface area contributed by atoms with Gasteiger partial charge in [0.05, 0.1) is 5.69 Å². The Morgan fingerprint density at radius 1 is 1.62 bits per heavy atom. The number of imidazole rings is 1. The Balaban J connectivity index is 1.99. The Hall–Kier alpha value is -1.37. The smallest absolute Gasteiger partial charge is 0.244 e. The summed E-state index contributed by atoms with van der Waals surface area (Å²) in [4.78, 5) is 16.8. The first-order chi connectivity index (χ1) is 9.93.